The van der Waals surface area contributed by atoms with Gasteiger partial charge < -0.3 is 10.3 Å². The van der Waals surface area contributed by atoms with E-state index in [0.717, 1.165) is 80.3 Å². The largest absolute Gasteiger partial charge is 0.352 e. The molecular formula is C31H28FN7. The van der Waals surface area contributed by atoms with E-state index >= 15 is 0 Å². The molecule has 0 radical (unpaired) electrons. The van der Waals surface area contributed by atoms with Gasteiger partial charge in [-0.05, 0) is 72.8 Å². The third kappa shape index (κ3) is 4.68. The van der Waals surface area contributed by atoms with Crippen molar-refractivity contribution in [3.8, 4) is 33.8 Å². The van der Waals surface area contributed by atoms with Crippen molar-refractivity contribution in [1.29, 1.82) is 0 Å². The minimum absolute atomic E-state index is 0.279. The van der Waals surface area contributed by atoms with E-state index in [1.165, 1.54) is 37.8 Å². The Kier molecular flexibility index (Phi) is 6.09. The van der Waals surface area contributed by atoms with Crippen LogP contribution in [0.5, 0.6) is 0 Å². The van der Waals surface area contributed by atoms with Gasteiger partial charge in [-0.1, -0.05) is 25.0 Å². The molecule has 7 rings (SSSR count). The monoisotopic (exact) mass is 517 g/mol. The van der Waals surface area contributed by atoms with Crippen LogP contribution in [0, 0.1) is 11.7 Å². The van der Waals surface area contributed by atoms with E-state index in [4.69, 9.17) is 4.98 Å². The van der Waals surface area contributed by atoms with Crippen LogP contribution in [0.15, 0.2) is 73.3 Å². The lowest BCUT2D eigenvalue weighted by atomic mass is 10.0. The number of hydrogen-bond donors (Lipinski definition) is 3. The van der Waals surface area contributed by atoms with Crippen molar-refractivity contribution in [3.05, 3.63) is 84.7 Å². The van der Waals surface area contributed by atoms with Crippen LogP contribution < -0.4 is 5.32 Å². The summed E-state index contributed by atoms with van der Waals surface area (Å²) in [6.45, 7) is 1.86. The molecule has 3 N–H and O–H groups in total. The number of hydrogen-bond acceptors (Lipinski definition) is 5. The van der Waals surface area contributed by atoms with Gasteiger partial charge in [0.25, 0.3) is 0 Å². The van der Waals surface area contributed by atoms with Gasteiger partial charge in [-0.2, -0.15) is 5.10 Å². The zero-order chi connectivity index (χ0) is 26.2. The lowest BCUT2D eigenvalue weighted by Crippen LogP contribution is -2.20. The molecule has 0 amide bonds. The third-order valence-corrected chi connectivity index (χ3v) is 7.67. The number of nitrogens with one attached hydrogen (secondary N) is 3. The van der Waals surface area contributed by atoms with E-state index in [1.54, 1.807) is 18.5 Å². The first-order chi connectivity index (χ1) is 19.2. The molecule has 7 nitrogen and oxygen atoms in total. The van der Waals surface area contributed by atoms with Crippen LogP contribution in [-0.2, 0) is 6.54 Å². The van der Waals surface area contributed by atoms with Crippen LogP contribution >= 0.6 is 0 Å². The molecule has 1 aliphatic carbocycles. The number of benzene rings is 1. The summed E-state index contributed by atoms with van der Waals surface area (Å²) >= 11 is 0. The molecule has 0 atom stereocenters. The summed E-state index contributed by atoms with van der Waals surface area (Å²) in [5.74, 6) is 0.522. The van der Waals surface area contributed by atoms with E-state index in [1.807, 2.05) is 36.7 Å². The summed E-state index contributed by atoms with van der Waals surface area (Å²) in [7, 11) is 0. The second kappa shape index (κ2) is 10.0. The lowest BCUT2D eigenvalue weighted by molar-refractivity contribution is 0.489. The summed E-state index contributed by atoms with van der Waals surface area (Å²) in [5, 5.41) is 12.2. The average molecular weight is 518 g/mol. The smallest absolute Gasteiger partial charge is 0.135 e. The molecule has 0 spiro atoms. The minimum atomic E-state index is -0.279. The first-order valence-electron chi connectivity index (χ1n) is 13.4. The van der Waals surface area contributed by atoms with Crippen LogP contribution in [0.2, 0.25) is 0 Å². The van der Waals surface area contributed by atoms with Crippen molar-refractivity contribution in [2.45, 2.75) is 32.2 Å². The van der Waals surface area contributed by atoms with Crippen LogP contribution in [0.25, 0.3) is 55.7 Å². The number of rotatable bonds is 7. The molecule has 39 heavy (non-hydrogen) atoms. The first-order valence-corrected chi connectivity index (χ1v) is 13.4. The van der Waals surface area contributed by atoms with E-state index in [0.29, 0.717) is 0 Å². The highest BCUT2D eigenvalue weighted by Crippen LogP contribution is 2.34. The second-order valence-corrected chi connectivity index (χ2v) is 10.4. The van der Waals surface area contributed by atoms with Gasteiger partial charge in [0, 0.05) is 41.6 Å². The number of nitrogens with zero attached hydrogens (tertiary/aromatic N) is 4. The fourth-order valence-corrected chi connectivity index (χ4v) is 5.67. The molecule has 0 unspecified atom stereocenters. The van der Waals surface area contributed by atoms with Gasteiger partial charge in [-0.25, -0.2) is 9.37 Å². The van der Waals surface area contributed by atoms with Gasteiger partial charge in [0.15, 0.2) is 0 Å². The molecule has 194 valence electrons. The van der Waals surface area contributed by atoms with Crippen LogP contribution in [-0.4, -0.2) is 36.7 Å². The summed E-state index contributed by atoms with van der Waals surface area (Å²) < 4.78 is 13.9. The van der Waals surface area contributed by atoms with Gasteiger partial charge in [-0.15, -0.1) is 0 Å². The maximum Gasteiger partial charge on any atom is 0.135 e. The molecule has 1 aromatic carbocycles. The summed E-state index contributed by atoms with van der Waals surface area (Å²) in [5.41, 5.74) is 8.58. The standard InChI is InChI=1S/C31H28FN7/c32-23-7-3-6-21(11-23)25-17-35-18-29-24(25)12-28(36-29)31-30-27(38-39-31)9-8-26(37-30)22-10-20(15-34-16-22)14-33-13-19-4-1-2-5-19/h3,6-12,15-19,33,36H,1-2,4-5,13-14H2,(H,38,39). The third-order valence-electron chi connectivity index (χ3n) is 7.67. The Morgan fingerprint density at radius 1 is 0.897 bits per heavy atom. The van der Waals surface area contributed by atoms with E-state index < -0.39 is 0 Å². The fourth-order valence-electron chi connectivity index (χ4n) is 5.67. The lowest BCUT2D eigenvalue weighted by Gasteiger charge is -2.11. The Balaban J connectivity index is 1.20. The molecule has 1 fully saturated rings. The molecule has 8 heteroatoms. The van der Waals surface area contributed by atoms with Crippen molar-refractivity contribution < 1.29 is 4.39 Å². The molecule has 0 bridgehead atoms. The molecule has 6 aromatic rings. The number of pyridine rings is 3. The van der Waals surface area contributed by atoms with Gasteiger partial charge >= 0.3 is 0 Å². The zero-order valence-corrected chi connectivity index (χ0v) is 21.4. The van der Waals surface area contributed by atoms with Crippen molar-refractivity contribution >= 4 is 21.9 Å². The fraction of sp³-hybridized carbons (Fsp3) is 0.226. The Morgan fingerprint density at radius 2 is 1.79 bits per heavy atom. The van der Waals surface area contributed by atoms with E-state index in [2.05, 4.69) is 36.5 Å². The Hall–Kier alpha value is -4.43. The van der Waals surface area contributed by atoms with Crippen LogP contribution in [0.3, 0.4) is 0 Å². The normalized spacial score (nSPS) is 14.1. The van der Waals surface area contributed by atoms with Crippen molar-refractivity contribution in [1.82, 2.24) is 35.5 Å². The van der Waals surface area contributed by atoms with Crippen LogP contribution in [0.1, 0.15) is 31.2 Å². The van der Waals surface area contributed by atoms with E-state index in [9.17, 15) is 4.39 Å². The minimum Gasteiger partial charge on any atom is -0.352 e. The van der Waals surface area contributed by atoms with Crippen molar-refractivity contribution in [3.63, 3.8) is 0 Å². The number of aromatic amines is 2. The topological polar surface area (TPSA) is 95.2 Å². The highest BCUT2D eigenvalue weighted by Gasteiger charge is 2.17. The number of aromatic nitrogens is 6. The Labute approximate surface area is 224 Å². The Bertz CT molecular complexity index is 1780. The average Bonchev–Trinajstić information content (AvgIpc) is 3.72. The number of H-pyrrole nitrogens is 2. The SMILES string of the molecule is Fc1cccc(-c2cncc3[nH]c(-c4n[nH]c5ccc(-c6cncc(CNCC7CCCC7)c6)nc45)cc23)c1. The molecule has 5 heterocycles. The van der Waals surface area contributed by atoms with Gasteiger partial charge in [0.2, 0.25) is 0 Å². The van der Waals surface area contributed by atoms with Crippen LogP contribution in [0.4, 0.5) is 4.39 Å². The first kappa shape index (κ1) is 23.7. The van der Waals surface area contributed by atoms with Gasteiger partial charge in [0.1, 0.15) is 17.0 Å². The van der Waals surface area contributed by atoms with E-state index in [-0.39, 0.29) is 5.82 Å². The summed E-state index contributed by atoms with van der Waals surface area (Å²) in [6, 6.07) is 14.7. The van der Waals surface area contributed by atoms with Crippen molar-refractivity contribution in [2.24, 2.45) is 5.92 Å². The molecule has 0 saturated heterocycles. The second-order valence-electron chi connectivity index (χ2n) is 10.4. The predicted octanol–water partition coefficient (Wildman–Crippen LogP) is 6.65. The molecule has 1 saturated carbocycles. The zero-order valence-electron chi connectivity index (χ0n) is 21.4. The van der Waals surface area contributed by atoms with Gasteiger partial charge in [0.05, 0.1) is 28.6 Å². The number of halogens is 1. The maximum atomic E-state index is 13.9. The molecule has 1 aliphatic rings. The highest BCUT2D eigenvalue weighted by atomic mass is 19.1. The predicted molar refractivity (Wildman–Crippen MR) is 151 cm³/mol. The van der Waals surface area contributed by atoms with Crippen molar-refractivity contribution in [2.75, 3.05) is 6.54 Å². The van der Waals surface area contributed by atoms with Gasteiger partial charge in [-0.3, -0.25) is 15.1 Å². The summed E-state index contributed by atoms with van der Waals surface area (Å²) in [6.07, 6.45) is 12.7. The quantitative estimate of drug-likeness (QED) is 0.220. The number of fused-ring (bicyclic) bond motifs is 2. The maximum absolute atomic E-state index is 13.9. The molecule has 5 aromatic heterocycles. The Morgan fingerprint density at radius 3 is 2.69 bits per heavy atom. The summed E-state index contributed by atoms with van der Waals surface area (Å²) in [4.78, 5) is 17.3. The highest BCUT2D eigenvalue weighted by molar-refractivity contribution is 6.00. The molecular weight excluding hydrogens is 489 g/mol. The molecule has 0 aliphatic heterocycles.